The number of non-ortho nitro benzene ring substituents is 1. The summed E-state index contributed by atoms with van der Waals surface area (Å²) in [4.78, 5) is 21.9. The number of hydrogen-bond donors (Lipinski definition) is 1. The molecule has 0 fully saturated rings. The Kier molecular flexibility index (Phi) is 3.75. The minimum absolute atomic E-state index is 0.0877. The summed E-state index contributed by atoms with van der Waals surface area (Å²) < 4.78 is 4.63. The molecule has 1 N–H and O–H groups in total. The molecule has 114 valence electrons. The Labute approximate surface area is 128 Å². The van der Waals surface area contributed by atoms with Gasteiger partial charge in [-0.25, -0.2) is 10.1 Å². The van der Waals surface area contributed by atoms with Crippen molar-refractivity contribution in [1.29, 1.82) is 0 Å². The number of nitrogens with one attached hydrogen (secondary N) is 1. The fourth-order valence-corrected chi connectivity index (χ4v) is 1.89. The van der Waals surface area contributed by atoms with E-state index in [1.807, 2.05) is 0 Å². The fraction of sp³-hybridized carbons (Fsp3) is 0. The van der Waals surface area contributed by atoms with Crippen molar-refractivity contribution in [3.05, 3.63) is 63.7 Å². The zero-order valence-electron chi connectivity index (χ0n) is 11.5. The minimum Gasteiger partial charge on any atom is -0.267 e. The number of amides is 1. The monoisotopic (exact) mass is 311 g/mol. The summed E-state index contributed by atoms with van der Waals surface area (Å²) in [5, 5.41) is 21.8. The average molecular weight is 311 g/mol. The summed E-state index contributed by atoms with van der Waals surface area (Å²) in [6.07, 6.45) is 1.41. The van der Waals surface area contributed by atoms with Crippen LogP contribution < -0.4 is 5.43 Å². The molecule has 9 heteroatoms. The molecule has 23 heavy (non-hydrogen) atoms. The molecule has 1 aromatic heterocycles. The lowest BCUT2D eigenvalue weighted by Gasteiger charge is -1.99. The van der Waals surface area contributed by atoms with Crippen LogP contribution in [-0.4, -0.2) is 27.4 Å². The van der Waals surface area contributed by atoms with Gasteiger partial charge in [0.25, 0.3) is 11.6 Å². The predicted molar refractivity (Wildman–Crippen MR) is 80.0 cm³/mol. The first-order valence-electron chi connectivity index (χ1n) is 6.44. The Morgan fingerprint density at radius 1 is 1.22 bits per heavy atom. The van der Waals surface area contributed by atoms with E-state index < -0.39 is 10.8 Å². The van der Waals surface area contributed by atoms with E-state index in [9.17, 15) is 14.9 Å². The van der Waals surface area contributed by atoms with Crippen molar-refractivity contribution in [2.45, 2.75) is 0 Å². The van der Waals surface area contributed by atoms with Crippen LogP contribution in [0.3, 0.4) is 0 Å². The van der Waals surface area contributed by atoms with Gasteiger partial charge in [-0.3, -0.25) is 14.9 Å². The van der Waals surface area contributed by atoms with Crippen LogP contribution in [0.15, 0.2) is 52.2 Å². The van der Waals surface area contributed by atoms with Crippen molar-refractivity contribution >= 4 is 28.8 Å². The molecule has 0 bridgehead atoms. The zero-order valence-corrected chi connectivity index (χ0v) is 11.5. The lowest BCUT2D eigenvalue weighted by Crippen LogP contribution is -2.17. The minimum atomic E-state index is -0.535. The number of hydrazone groups is 1. The summed E-state index contributed by atoms with van der Waals surface area (Å²) in [6.45, 7) is 0. The van der Waals surface area contributed by atoms with Crippen molar-refractivity contribution in [3.8, 4) is 0 Å². The van der Waals surface area contributed by atoms with Crippen LogP contribution in [0.2, 0.25) is 0 Å². The molecule has 0 saturated heterocycles. The average Bonchev–Trinajstić information content (AvgIpc) is 3.04. The molecule has 1 heterocycles. The third-order valence-electron chi connectivity index (χ3n) is 3.03. The molecule has 0 saturated carbocycles. The Morgan fingerprint density at radius 3 is 2.74 bits per heavy atom. The van der Waals surface area contributed by atoms with Gasteiger partial charge in [-0.1, -0.05) is 12.1 Å². The van der Waals surface area contributed by atoms with Crippen LogP contribution in [-0.2, 0) is 0 Å². The topological polar surface area (TPSA) is 124 Å². The van der Waals surface area contributed by atoms with Crippen molar-refractivity contribution in [2.75, 3.05) is 0 Å². The van der Waals surface area contributed by atoms with Gasteiger partial charge >= 0.3 is 0 Å². The molecule has 0 aliphatic rings. The van der Waals surface area contributed by atoms with Crippen LogP contribution in [0.5, 0.6) is 0 Å². The van der Waals surface area contributed by atoms with Crippen LogP contribution in [0.1, 0.15) is 15.9 Å². The lowest BCUT2D eigenvalue weighted by atomic mass is 10.2. The maximum atomic E-state index is 11.9. The molecule has 2 aromatic carbocycles. The van der Waals surface area contributed by atoms with Crippen LogP contribution in [0.25, 0.3) is 11.0 Å². The van der Waals surface area contributed by atoms with Gasteiger partial charge in [-0.05, 0) is 28.5 Å². The fourth-order valence-electron chi connectivity index (χ4n) is 1.89. The quantitative estimate of drug-likeness (QED) is 0.446. The Balaban J connectivity index is 1.71. The van der Waals surface area contributed by atoms with Gasteiger partial charge in [0, 0.05) is 23.3 Å². The first kappa shape index (κ1) is 14.3. The Hall–Kier alpha value is -3.62. The Bertz CT molecular complexity index is 901. The normalized spacial score (nSPS) is 11.0. The maximum absolute atomic E-state index is 11.9. The lowest BCUT2D eigenvalue weighted by molar-refractivity contribution is -0.384. The van der Waals surface area contributed by atoms with Crippen molar-refractivity contribution < 1.29 is 14.3 Å². The van der Waals surface area contributed by atoms with E-state index in [4.69, 9.17) is 0 Å². The second kappa shape index (κ2) is 6.02. The van der Waals surface area contributed by atoms with Crippen molar-refractivity contribution in [2.24, 2.45) is 5.10 Å². The van der Waals surface area contributed by atoms with Crippen molar-refractivity contribution in [1.82, 2.24) is 15.7 Å². The highest BCUT2D eigenvalue weighted by atomic mass is 16.6. The molecule has 0 spiro atoms. The van der Waals surface area contributed by atoms with E-state index in [-0.39, 0.29) is 11.3 Å². The number of nitro benzene ring substituents is 1. The standard InChI is InChI=1S/C14H9N5O4/c20-14(9-4-6-11(7-5-9)19(21)22)16-15-8-10-2-1-3-12-13(10)18-23-17-12/h1-8H,(H,16,20)/b15-8-. The summed E-state index contributed by atoms with van der Waals surface area (Å²) in [5.41, 5.74) is 4.25. The maximum Gasteiger partial charge on any atom is 0.271 e. The van der Waals surface area contributed by atoms with E-state index in [0.717, 1.165) is 0 Å². The molecule has 0 aliphatic heterocycles. The first-order valence-corrected chi connectivity index (χ1v) is 6.44. The number of carbonyl (C=O) groups excluding carboxylic acids is 1. The van der Waals surface area contributed by atoms with Crippen molar-refractivity contribution in [3.63, 3.8) is 0 Å². The SMILES string of the molecule is O=C(N/N=C\c1cccc2nonc12)c1ccc([N+](=O)[O-])cc1. The molecule has 0 atom stereocenters. The van der Waals surface area contributed by atoms with Gasteiger partial charge in [-0.15, -0.1) is 0 Å². The molecule has 1 amide bonds. The highest BCUT2D eigenvalue weighted by Gasteiger charge is 2.09. The van der Waals surface area contributed by atoms with Gasteiger partial charge in [0.1, 0.15) is 11.0 Å². The largest absolute Gasteiger partial charge is 0.271 e. The second-order valence-electron chi connectivity index (χ2n) is 4.48. The molecule has 9 nitrogen and oxygen atoms in total. The number of nitrogens with zero attached hydrogens (tertiary/aromatic N) is 4. The molecule has 0 aliphatic carbocycles. The number of fused-ring (bicyclic) bond motifs is 1. The van der Waals surface area contributed by atoms with Gasteiger partial charge in [-0.2, -0.15) is 5.10 Å². The highest BCUT2D eigenvalue weighted by molar-refractivity contribution is 5.98. The number of nitro groups is 1. The predicted octanol–water partition coefficient (Wildman–Crippen LogP) is 1.89. The van der Waals surface area contributed by atoms with Gasteiger partial charge < -0.3 is 0 Å². The van der Waals surface area contributed by atoms with Crippen LogP contribution >= 0.6 is 0 Å². The molecule has 0 unspecified atom stereocenters. The van der Waals surface area contributed by atoms with E-state index in [0.29, 0.717) is 16.6 Å². The third-order valence-corrected chi connectivity index (χ3v) is 3.03. The van der Waals surface area contributed by atoms with Gasteiger partial charge in [0.2, 0.25) is 0 Å². The van der Waals surface area contributed by atoms with E-state index in [1.54, 1.807) is 18.2 Å². The molecule has 0 radical (unpaired) electrons. The highest BCUT2D eigenvalue weighted by Crippen LogP contribution is 2.13. The molecule has 3 aromatic rings. The summed E-state index contributed by atoms with van der Waals surface area (Å²) >= 11 is 0. The smallest absolute Gasteiger partial charge is 0.267 e. The number of benzene rings is 2. The first-order chi connectivity index (χ1) is 11.1. The summed E-state index contributed by atoms with van der Waals surface area (Å²) in [5.74, 6) is -0.485. The van der Waals surface area contributed by atoms with E-state index in [2.05, 4.69) is 25.5 Å². The van der Waals surface area contributed by atoms with E-state index >= 15 is 0 Å². The Morgan fingerprint density at radius 2 is 2.00 bits per heavy atom. The second-order valence-corrected chi connectivity index (χ2v) is 4.48. The number of aromatic nitrogens is 2. The third kappa shape index (κ3) is 3.02. The summed E-state index contributed by atoms with van der Waals surface area (Å²) in [7, 11) is 0. The number of hydrogen-bond acceptors (Lipinski definition) is 7. The molecular weight excluding hydrogens is 302 g/mol. The molecule has 3 rings (SSSR count). The van der Waals surface area contributed by atoms with Crippen LogP contribution in [0.4, 0.5) is 5.69 Å². The zero-order chi connectivity index (χ0) is 16.2. The number of rotatable bonds is 4. The summed E-state index contributed by atoms with van der Waals surface area (Å²) in [6, 6.07) is 10.4. The van der Waals surface area contributed by atoms with Crippen LogP contribution in [0, 0.1) is 10.1 Å². The molecular formula is C14H9N5O4. The van der Waals surface area contributed by atoms with E-state index in [1.165, 1.54) is 30.5 Å². The number of carbonyl (C=O) groups is 1. The van der Waals surface area contributed by atoms with Gasteiger partial charge in [0.05, 0.1) is 11.1 Å². The van der Waals surface area contributed by atoms with Gasteiger partial charge in [0.15, 0.2) is 0 Å².